The van der Waals surface area contributed by atoms with Crippen molar-refractivity contribution in [3.8, 4) is 11.5 Å². The summed E-state index contributed by atoms with van der Waals surface area (Å²) in [5.41, 5.74) is 2.66. The Kier molecular flexibility index (Phi) is 5.45. The molecule has 1 aliphatic heterocycles. The molecule has 1 atom stereocenters. The van der Waals surface area contributed by atoms with Crippen LogP contribution in [0.15, 0.2) is 24.5 Å². The van der Waals surface area contributed by atoms with Crippen LogP contribution in [0.1, 0.15) is 61.9 Å². The molecule has 0 spiro atoms. The summed E-state index contributed by atoms with van der Waals surface area (Å²) in [5, 5.41) is 0. The van der Waals surface area contributed by atoms with Gasteiger partial charge in [0.05, 0.1) is 38.3 Å². The monoisotopic (exact) mass is 385 g/mol. The maximum Gasteiger partial charge on any atom is 0.376 e. The summed E-state index contributed by atoms with van der Waals surface area (Å²) < 4.78 is 16.2. The number of carbonyl (C=O) groups is 1. The Labute approximate surface area is 165 Å². The maximum absolute atomic E-state index is 12.1. The van der Waals surface area contributed by atoms with Gasteiger partial charge in [-0.25, -0.2) is 14.8 Å². The van der Waals surface area contributed by atoms with Gasteiger partial charge >= 0.3 is 5.97 Å². The molecule has 1 aromatic heterocycles. The predicted octanol–water partition coefficient (Wildman–Crippen LogP) is 3.92. The van der Waals surface area contributed by atoms with Crippen LogP contribution in [0.4, 0.5) is 5.69 Å². The molecule has 0 fully saturated rings. The van der Waals surface area contributed by atoms with Crippen LogP contribution in [-0.2, 0) is 11.3 Å². The summed E-state index contributed by atoms with van der Waals surface area (Å²) in [6.07, 6.45) is 4.26. The van der Waals surface area contributed by atoms with E-state index in [0.717, 1.165) is 23.6 Å². The van der Waals surface area contributed by atoms with Crippen molar-refractivity contribution in [1.82, 2.24) is 9.97 Å². The van der Waals surface area contributed by atoms with Crippen LogP contribution in [0.3, 0.4) is 0 Å². The maximum atomic E-state index is 12.1. The lowest BCUT2D eigenvalue weighted by Crippen LogP contribution is -2.26. The molecule has 2 heterocycles. The standard InChI is InChI=1S/C21H27N3O4/c1-7-16-15-9-18(27-6)17(26-5)8-13(15)12-24(16)14-10-22-19(23-11-14)20(25)28-21(2,3)4/h8-11,16H,7,12H2,1-6H3. The van der Waals surface area contributed by atoms with Gasteiger partial charge in [-0.3, -0.25) is 0 Å². The Morgan fingerprint density at radius 1 is 1.14 bits per heavy atom. The molecular formula is C21H27N3O4. The largest absolute Gasteiger partial charge is 0.493 e. The summed E-state index contributed by atoms with van der Waals surface area (Å²) in [6, 6.07) is 4.23. The van der Waals surface area contributed by atoms with Crippen molar-refractivity contribution in [2.45, 2.75) is 52.3 Å². The zero-order valence-corrected chi connectivity index (χ0v) is 17.3. The van der Waals surface area contributed by atoms with Gasteiger partial charge in [-0.2, -0.15) is 0 Å². The molecule has 7 nitrogen and oxygen atoms in total. The normalized spacial score (nSPS) is 15.9. The molecule has 0 N–H and O–H groups in total. The Bertz CT molecular complexity index is 859. The van der Waals surface area contributed by atoms with Crippen LogP contribution >= 0.6 is 0 Å². The van der Waals surface area contributed by atoms with E-state index < -0.39 is 11.6 Å². The number of anilines is 1. The minimum absolute atomic E-state index is 0.0618. The number of hydrogen-bond acceptors (Lipinski definition) is 7. The number of rotatable bonds is 5. The fourth-order valence-electron chi connectivity index (χ4n) is 3.46. The van der Waals surface area contributed by atoms with Crippen LogP contribution in [0, 0.1) is 0 Å². The van der Waals surface area contributed by atoms with Gasteiger partial charge in [0.2, 0.25) is 5.82 Å². The van der Waals surface area contributed by atoms with Gasteiger partial charge in [-0.1, -0.05) is 6.92 Å². The third-order valence-electron chi connectivity index (χ3n) is 4.66. The average molecular weight is 385 g/mol. The van der Waals surface area contributed by atoms with Crippen LogP contribution in [0.5, 0.6) is 11.5 Å². The number of aromatic nitrogens is 2. The minimum Gasteiger partial charge on any atom is -0.493 e. The van der Waals surface area contributed by atoms with Gasteiger partial charge in [0, 0.05) is 6.54 Å². The fourth-order valence-corrected chi connectivity index (χ4v) is 3.46. The average Bonchev–Trinajstić information content (AvgIpc) is 3.02. The Morgan fingerprint density at radius 2 is 1.75 bits per heavy atom. The Morgan fingerprint density at radius 3 is 2.29 bits per heavy atom. The molecule has 0 saturated heterocycles. The van der Waals surface area contributed by atoms with Gasteiger partial charge < -0.3 is 19.1 Å². The van der Waals surface area contributed by atoms with E-state index in [1.807, 2.05) is 32.9 Å². The van der Waals surface area contributed by atoms with Crippen molar-refractivity contribution >= 4 is 11.7 Å². The van der Waals surface area contributed by atoms with Crippen LogP contribution < -0.4 is 14.4 Å². The lowest BCUT2D eigenvalue weighted by molar-refractivity contribution is 0.00555. The number of ether oxygens (including phenoxy) is 3. The highest BCUT2D eigenvalue weighted by molar-refractivity contribution is 5.85. The molecule has 28 heavy (non-hydrogen) atoms. The van der Waals surface area contributed by atoms with Crippen molar-refractivity contribution in [3.63, 3.8) is 0 Å². The zero-order valence-electron chi connectivity index (χ0n) is 17.3. The van der Waals surface area contributed by atoms with E-state index in [-0.39, 0.29) is 11.9 Å². The van der Waals surface area contributed by atoms with E-state index in [4.69, 9.17) is 14.2 Å². The van der Waals surface area contributed by atoms with Crippen LogP contribution in [0.25, 0.3) is 0 Å². The SMILES string of the molecule is CCC1c2cc(OC)c(OC)cc2CN1c1cnc(C(=O)OC(C)(C)C)nc1. The molecule has 7 heteroatoms. The van der Waals surface area contributed by atoms with Crippen LogP contribution in [-0.4, -0.2) is 35.8 Å². The summed E-state index contributed by atoms with van der Waals surface area (Å²) in [7, 11) is 3.28. The second-order valence-electron chi connectivity index (χ2n) is 7.72. The fraction of sp³-hybridized carbons (Fsp3) is 0.476. The van der Waals surface area contributed by atoms with E-state index in [1.54, 1.807) is 26.6 Å². The number of hydrogen-bond donors (Lipinski definition) is 0. The van der Waals surface area contributed by atoms with Gasteiger partial charge in [0.1, 0.15) is 5.60 Å². The van der Waals surface area contributed by atoms with Crippen molar-refractivity contribution in [1.29, 1.82) is 0 Å². The van der Waals surface area contributed by atoms with Crippen molar-refractivity contribution in [2.24, 2.45) is 0 Å². The highest BCUT2D eigenvalue weighted by Gasteiger charge is 2.31. The first-order valence-electron chi connectivity index (χ1n) is 9.34. The minimum atomic E-state index is -0.582. The van der Waals surface area contributed by atoms with Gasteiger partial charge in [0.15, 0.2) is 11.5 Å². The molecule has 1 unspecified atom stereocenters. The third-order valence-corrected chi connectivity index (χ3v) is 4.66. The van der Waals surface area contributed by atoms with Crippen molar-refractivity contribution in [2.75, 3.05) is 19.1 Å². The highest BCUT2D eigenvalue weighted by Crippen LogP contribution is 2.43. The quantitative estimate of drug-likeness (QED) is 0.722. The van der Waals surface area contributed by atoms with E-state index in [2.05, 4.69) is 21.8 Å². The summed E-state index contributed by atoms with van der Waals surface area (Å²) >= 11 is 0. The number of fused-ring (bicyclic) bond motifs is 1. The van der Waals surface area contributed by atoms with E-state index in [0.29, 0.717) is 6.54 Å². The highest BCUT2D eigenvalue weighted by atomic mass is 16.6. The number of methoxy groups -OCH3 is 2. The number of nitrogens with zero attached hydrogens (tertiary/aromatic N) is 3. The Balaban J connectivity index is 1.86. The second-order valence-corrected chi connectivity index (χ2v) is 7.72. The molecule has 3 rings (SSSR count). The lowest BCUT2D eigenvalue weighted by atomic mass is 10.0. The topological polar surface area (TPSA) is 73.8 Å². The number of carbonyl (C=O) groups excluding carboxylic acids is 1. The second kappa shape index (κ2) is 7.66. The first-order valence-corrected chi connectivity index (χ1v) is 9.34. The molecule has 0 amide bonds. The number of benzene rings is 1. The van der Waals surface area contributed by atoms with Crippen LogP contribution in [0.2, 0.25) is 0 Å². The van der Waals surface area contributed by atoms with Gasteiger partial charge in [-0.05, 0) is 50.5 Å². The molecule has 1 aromatic carbocycles. The zero-order chi connectivity index (χ0) is 20.5. The van der Waals surface area contributed by atoms with Crippen molar-refractivity contribution < 1.29 is 19.0 Å². The number of esters is 1. The van der Waals surface area contributed by atoms with E-state index in [9.17, 15) is 4.79 Å². The van der Waals surface area contributed by atoms with Gasteiger partial charge in [0.25, 0.3) is 0 Å². The first kappa shape index (κ1) is 19.9. The molecule has 150 valence electrons. The molecule has 0 radical (unpaired) electrons. The summed E-state index contributed by atoms with van der Waals surface area (Å²) in [5.74, 6) is 0.976. The molecule has 1 aliphatic rings. The molecule has 0 bridgehead atoms. The molecular weight excluding hydrogens is 358 g/mol. The van der Waals surface area contributed by atoms with Gasteiger partial charge in [-0.15, -0.1) is 0 Å². The molecule has 0 saturated carbocycles. The summed E-state index contributed by atoms with van der Waals surface area (Å²) in [4.78, 5) is 22.8. The van der Waals surface area contributed by atoms with E-state index >= 15 is 0 Å². The van der Waals surface area contributed by atoms with E-state index in [1.165, 1.54) is 11.1 Å². The lowest BCUT2D eigenvalue weighted by Gasteiger charge is -2.26. The molecule has 2 aromatic rings. The molecule has 0 aliphatic carbocycles. The smallest absolute Gasteiger partial charge is 0.376 e. The van der Waals surface area contributed by atoms with Crippen molar-refractivity contribution in [3.05, 3.63) is 41.5 Å². The predicted molar refractivity (Wildman–Crippen MR) is 106 cm³/mol. The summed E-state index contributed by atoms with van der Waals surface area (Å²) in [6.45, 7) is 8.29. The first-order chi connectivity index (χ1) is 13.3. The Hall–Kier alpha value is -2.83. The third kappa shape index (κ3) is 3.88.